The molecule has 0 bridgehead atoms. The van der Waals surface area contributed by atoms with E-state index in [0.717, 1.165) is 18.4 Å². The zero-order valence-electron chi connectivity index (χ0n) is 14.8. The first-order chi connectivity index (χ1) is 11.6. The summed E-state index contributed by atoms with van der Waals surface area (Å²) in [5, 5.41) is 0. The average molecular weight is 328 g/mol. The molecular formula is C20H28N2O2. The predicted molar refractivity (Wildman–Crippen MR) is 94.2 cm³/mol. The summed E-state index contributed by atoms with van der Waals surface area (Å²) >= 11 is 0. The highest BCUT2D eigenvalue weighted by Crippen LogP contribution is 2.39. The molecule has 2 aliphatic rings. The van der Waals surface area contributed by atoms with Gasteiger partial charge in [-0.3, -0.25) is 9.59 Å². The summed E-state index contributed by atoms with van der Waals surface area (Å²) in [6.07, 6.45) is 5.23. The molecule has 24 heavy (non-hydrogen) atoms. The Labute approximate surface area is 144 Å². The molecule has 0 radical (unpaired) electrons. The van der Waals surface area contributed by atoms with E-state index in [1.807, 2.05) is 30.3 Å². The van der Waals surface area contributed by atoms with Crippen LogP contribution in [0.25, 0.3) is 0 Å². The van der Waals surface area contributed by atoms with Gasteiger partial charge in [0.15, 0.2) is 0 Å². The van der Waals surface area contributed by atoms with Crippen molar-refractivity contribution in [2.24, 2.45) is 5.92 Å². The normalized spacial score (nSPS) is 18.1. The maximum absolute atomic E-state index is 12.8. The minimum atomic E-state index is 0.0277. The molecule has 0 heterocycles. The number of hydrogen-bond donors (Lipinski definition) is 0. The molecule has 2 fully saturated rings. The number of nitrogens with zero attached hydrogens (tertiary/aromatic N) is 2. The van der Waals surface area contributed by atoms with Crippen molar-refractivity contribution in [2.45, 2.75) is 64.6 Å². The Morgan fingerprint density at radius 2 is 1.79 bits per heavy atom. The molecular weight excluding hydrogens is 300 g/mol. The van der Waals surface area contributed by atoms with Crippen LogP contribution in [0.3, 0.4) is 0 Å². The molecule has 0 aromatic heterocycles. The fraction of sp³-hybridized carbons (Fsp3) is 0.600. The van der Waals surface area contributed by atoms with Crippen LogP contribution in [0.15, 0.2) is 30.3 Å². The monoisotopic (exact) mass is 328 g/mol. The predicted octanol–water partition coefficient (Wildman–Crippen LogP) is 3.21. The van der Waals surface area contributed by atoms with Crippen LogP contribution in [0, 0.1) is 5.92 Å². The molecule has 2 saturated carbocycles. The molecule has 0 spiro atoms. The zero-order valence-corrected chi connectivity index (χ0v) is 14.8. The van der Waals surface area contributed by atoms with Crippen LogP contribution in [0.1, 0.15) is 51.5 Å². The van der Waals surface area contributed by atoms with Gasteiger partial charge < -0.3 is 9.80 Å². The quantitative estimate of drug-likeness (QED) is 0.735. The van der Waals surface area contributed by atoms with Gasteiger partial charge in [-0.15, -0.1) is 0 Å². The second-order valence-electron chi connectivity index (χ2n) is 7.29. The molecule has 1 aromatic carbocycles. The van der Waals surface area contributed by atoms with Gasteiger partial charge in [0.05, 0.1) is 0 Å². The van der Waals surface area contributed by atoms with Crippen molar-refractivity contribution in [1.82, 2.24) is 9.80 Å². The molecule has 4 nitrogen and oxygen atoms in total. The minimum absolute atomic E-state index is 0.0277. The Kier molecular flexibility index (Phi) is 5.22. The van der Waals surface area contributed by atoms with Crippen LogP contribution in [0.2, 0.25) is 0 Å². The minimum Gasteiger partial charge on any atom is -0.338 e. The van der Waals surface area contributed by atoms with E-state index >= 15 is 0 Å². The highest BCUT2D eigenvalue weighted by molar-refractivity contribution is 5.79. The van der Waals surface area contributed by atoms with Crippen LogP contribution in [-0.4, -0.2) is 40.2 Å². The summed E-state index contributed by atoms with van der Waals surface area (Å²) < 4.78 is 0. The number of hydrogen-bond acceptors (Lipinski definition) is 2. The lowest BCUT2D eigenvalue weighted by atomic mass is 10.1. The molecule has 0 aliphatic heterocycles. The lowest BCUT2D eigenvalue weighted by Crippen LogP contribution is -2.43. The fourth-order valence-corrected chi connectivity index (χ4v) is 3.43. The zero-order chi connectivity index (χ0) is 17.1. The summed E-state index contributed by atoms with van der Waals surface area (Å²) in [5.74, 6) is 0.943. The van der Waals surface area contributed by atoms with E-state index < -0.39 is 0 Å². The third-order valence-corrected chi connectivity index (χ3v) is 5.23. The summed E-state index contributed by atoms with van der Waals surface area (Å²) in [7, 11) is 0. The highest BCUT2D eigenvalue weighted by atomic mass is 16.2. The van der Waals surface area contributed by atoms with Crippen LogP contribution in [0.5, 0.6) is 0 Å². The molecule has 3 rings (SSSR count). The lowest BCUT2D eigenvalue weighted by Gasteiger charge is -2.31. The average Bonchev–Trinajstić information content (AvgIpc) is 3.45. The molecule has 1 atom stereocenters. The van der Waals surface area contributed by atoms with Gasteiger partial charge in [0.2, 0.25) is 11.8 Å². The van der Waals surface area contributed by atoms with Crippen LogP contribution >= 0.6 is 0 Å². The Hall–Kier alpha value is -1.84. The molecule has 2 aliphatic carbocycles. The molecule has 1 unspecified atom stereocenters. The Bertz CT molecular complexity index is 579. The van der Waals surface area contributed by atoms with Crippen molar-refractivity contribution in [3.05, 3.63) is 35.9 Å². The molecule has 0 saturated heterocycles. The molecule has 1 aromatic rings. The Balaban J connectivity index is 1.56. The largest absolute Gasteiger partial charge is 0.338 e. The Morgan fingerprint density at radius 3 is 2.33 bits per heavy atom. The van der Waals surface area contributed by atoms with E-state index in [1.165, 1.54) is 12.8 Å². The number of benzene rings is 1. The van der Waals surface area contributed by atoms with Crippen molar-refractivity contribution in [1.29, 1.82) is 0 Å². The van der Waals surface area contributed by atoms with E-state index in [1.54, 1.807) is 11.8 Å². The van der Waals surface area contributed by atoms with Gasteiger partial charge in [0, 0.05) is 38.5 Å². The van der Waals surface area contributed by atoms with Gasteiger partial charge in [-0.25, -0.2) is 0 Å². The number of carbonyl (C=O) groups excluding carboxylic acids is 2. The van der Waals surface area contributed by atoms with E-state index in [4.69, 9.17) is 0 Å². The van der Waals surface area contributed by atoms with Gasteiger partial charge in [-0.2, -0.15) is 0 Å². The molecule has 4 heteroatoms. The van der Waals surface area contributed by atoms with Crippen molar-refractivity contribution < 1.29 is 9.59 Å². The molecule has 0 N–H and O–H groups in total. The lowest BCUT2D eigenvalue weighted by molar-refractivity contribution is -0.136. The molecule has 2 amide bonds. The topological polar surface area (TPSA) is 40.6 Å². The van der Waals surface area contributed by atoms with Gasteiger partial charge >= 0.3 is 0 Å². The molecule has 130 valence electrons. The first-order valence-corrected chi connectivity index (χ1v) is 9.17. The van der Waals surface area contributed by atoms with Gasteiger partial charge in [-0.1, -0.05) is 30.3 Å². The van der Waals surface area contributed by atoms with Crippen LogP contribution in [0.4, 0.5) is 0 Å². The number of rotatable bonds is 8. The number of carbonyl (C=O) groups is 2. The smallest absolute Gasteiger partial charge is 0.224 e. The summed E-state index contributed by atoms with van der Waals surface area (Å²) in [4.78, 5) is 28.6. The fourth-order valence-electron chi connectivity index (χ4n) is 3.43. The number of amides is 2. The standard InChI is InChI=1S/C20H28N2O2/c1-15(18-8-9-18)22(19-10-11-19)20(24)12-13-21(16(2)23)14-17-6-4-3-5-7-17/h3-7,15,18-19H,8-14H2,1-2H3. The van der Waals surface area contributed by atoms with Crippen molar-refractivity contribution in [3.63, 3.8) is 0 Å². The summed E-state index contributed by atoms with van der Waals surface area (Å²) in [6.45, 7) is 4.86. The van der Waals surface area contributed by atoms with Crippen LogP contribution in [-0.2, 0) is 16.1 Å². The first kappa shape index (κ1) is 17.0. The first-order valence-electron chi connectivity index (χ1n) is 9.17. The Morgan fingerprint density at radius 1 is 1.12 bits per heavy atom. The van der Waals surface area contributed by atoms with Crippen molar-refractivity contribution in [2.75, 3.05) is 6.54 Å². The SMILES string of the molecule is CC(=O)N(CCC(=O)N(C1CC1)C(C)C1CC1)Cc1ccccc1. The van der Waals surface area contributed by atoms with Gasteiger partial charge in [0.25, 0.3) is 0 Å². The van der Waals surface area contributed by atoms with Crippen LogP contribution < -0.4 is 0 Å². The maximum Gasteiger partial charge on any atom is 0.224 e. The van der Waals surface area contributed by atoms with E-state index in [-0.39, 0.29) is 11.8 Å². The third kappa shape index (κ3) is 4.37. The van der Waals surface area contributed by atoms with Gasteiger partial charge in [-0.05, 0) is 44.1 Å². The maximum atomic E-state index is 12.8. The summed E-state index contributed by atoms with van der Waals surface area (Å²) in [5.41, 5.74) is 1.10. The van der Waals surface area contributed by atoms with E-state index in [2.05, 4.69) is 11.8 Å². The third-order valence-electron chi connectivity index (χ3n) is 5.23. The van der Waals surface area contributed by atoms with E-state index in [9.17, 15) is 9.59 Å². The summed E-state index contributed by atoms with van der Waals surface area (Å²) in [6, 6.07) is 10.8. The second kappa shape index (κ2) is 7.37. The van der Waals surface area contributed by atoms with Crippen molar-refractivity contribution >= 4 is 11.8 Å². The van der Waals surface area contributed by atoms with E-state index in [0.29, 0.717) is 37.5 Å². The van der Waals surface area contributed by atoms with Gasteiger partial charge in [0.1, 0.15) is 0 Å². The van der Waals surface area contributed by atoms with Crippen molar-refractivity contribution in [3.8, 4) is 0 Å². The second-order valence-corrected chi connectivity index (χ2v) is 7.29. The highest BCUT2D eigenvalue weighted by Gasteiger charge is 2.41.